The first-order valence-corrected chi connectivity index (χ1v) is 13.6. The zero-order valence-electron chi connectivity index (χ0n) is 18.4. The van der Waals surface area contributed by atoms with Gasteiger partial charge in [-0.2, -0.15) is 0 Å². The third kappa shape index (κ3) is 6.24. The average Bonchev–Trinajstić information content (AvgIpc) is 2.81. The Morgan fingerprint density at radius 1 is 1.12 bits per heavy atom. The summed E-state index contributed by atoms with van der Waals surface area (Å²) in [5, 5.41) is 0. The third-order valence-corrected chi connectivity index (χ3v) is 6.66. The highest BCUT2D eigenvalue weighted by Gasteiger charge is 2.57. The van der Waals surface area contributed by atoms with Gasteiger partial charge >= 0.3 is 0 Å². The van der Waals surface area contributed by atoms with Crippen molar-refractivity contribution < 1.29 is 9.22 Å². The monoisotopic (exact) mass is 378 g/mol. The normalized spacial score (nSPS) is 26.2. The second kappa shape index (κ2) is 10.7. The van der Waals surface area contributed by atoms with Gasteiger partial charge in [0.15, 0.2) is 14.8 Å². The van der Waals surface area contributed by atoms with Gasteiger partial charge in [0.1, 0.15) is 5.60 Å². The molecular weight excluding hydrogens is 336 g/mol. The van der Waals surface area contributed by atoms with E-state index in [1.165, 1.54) is 25.7 Å². The van der Waals surface area contributed by atoms with E-state index in [-0.39, 0.29) is 5.41 Å². The van der Waals surface area contributed by atoms with Crippen molar-refractivity contribution in [1.82, 2.24) is 0 Å². The molecule has 0 aliphatic heterocycles. The Morgan fingerprint density at radius 2 is 1.77 bits per heavy atom. The molecule has 0 bridgehead atoms. The van der Waals surface area contributed by atoms with E-state index in [2.05, 4.69) is 59.6 Å². The molecule has 1 aliphatic rings. The van der Waals surface area contributed by atoms with Gasteiger partial charge in [-0.05, 0) is 43.2 Å². The lowest BCUT2D eigenvalue weighted by atomic mass is 9.70. The summed E-state index contributed by atoms with van der Waals surface area (Å²) in [6, 6.07) is 0. The van der Waals surface area contributed by atoms with Crippen LogP contribution in [0.3, 0.4) is 0 Å². The Kier molecular flexibility index (Phi) is 9.62. The maximum Gasteiger partial charge on any atom is 0.172 e. The topological polar surface area (TPSA) is 26.3 Å². The molecule has 0 spiro atoms. The van der Waals surface area contributed by atoms with Gasteiger partial charge in [-0.3, -0.25) is 4.79 Å². The van der Waals surface area contributed by atoms with Gasteiger partial charge in [-0.1, -0.05) is 66.2 Å². The zero-order chi connectivity index (χ0) is 19.8. The van der Waals surface area contributed by atoms with Crippen LogP contribution in [-0.2, 0) is 9.22 Å². The standard InChI is InChI=1S/C23H42O2Si/c1-8-10-12-13-14-15-17-23(25-26(6)7)19(16-11-9-2)20(18-21(23)24)22(3,4)5/h19-20,26H,8-13,16-18H2,1-7H3/t19-,20-,23-/m1/s1. The molecule has 0 amide bonds. The Morgan fingerprint density at radius 3 is 2.31 bits per heavy atom. The first-order valence-electron chi connectivity index (χ1n) is 10.9. The molecule has 150 valence electrons. The highest BCUT2D eigenvalue weighted by Crippen LogP contribution is 2.52. The molecule has 1 aliphatic carbocycles. The lowest BCUT2D eigenvalue weighted by Gasteiger charge is -2.40. The number of carbonyl (C=O) groups is 1. The molecule has 0 N–H and O–H groups in total. The van der Waals surface area contributed by atoms with Crippen LogP contribution in [0.15, 0.2) is 0 Å². The van der Waals surface area contributed by atoms with Crippen LogP contribution >= 0.6 is 0 Å². The summed E-state index contributed by atoms with van der Waals surface area (Å²) in [5.74, 6) is 7.73. The van der Waals surface area contributed by atoms with E-state index in [9.17, 15) is 4.79 Å². The molecule has 0 heterocycles. The molecule has 0 radical (unpaired) electrons. The third-order valence-electron chi connectivity index (χ3n) is 5.77. The number of carbonyl (C=O) groups excluding carboxylic acids is 1. The maximum atomic E-state index is 13.3. The van der Waals surface area contributed by atoms with Crippen molar-refractivity contribution in [1.29, 1.82) is 0 Å². The van der Waals surface area contributed by atoms with E-state index < -0.39 is 14.6 Å². The SMILES string of the molecule is CCCCCC#CC[C@]1(O[SiH](C)C)C(=O)C[C@@H](C(C)(C)C)[C@H]1CCCC. The molecule has 0 saturated heterocycles. The van der Waals surface area contributed by atoms with Crippen LogP contribution in [0.2, 0.25) is 13.1 Å². The molecule has 0 aromatic heterocycles. The van der Waals surface area contributed by atoms with E-state index in [4.69, 9.17) is 4.43 Å². The highest BCUT2D eigenvalue weighted by atomic mass is 28.3. The summed E-state index contributed by atoms with van der Waals surface area (Å²) in [6.07, 6.45) is 9.24. The molecule has 3 heteroatoms. The second-order valence-corrected chi connectivity index (χ2v) is 11.7. The lowest BCUT2D eigenvalue weighted by Crippen LogP contribution is -2.47. The van der Waals surface area contributed by atoms with Crippen molar-refractivity contribution in [2.75, 3.05) is 0 Å². The number of hydrogen-bond acceptors (Lipinski definition) is 2. The quantitative estimate of drug-likeness (QED) is 0.273. The maximum absolute atomic E-state index is 13.3. The number of hydrogen-bond donors (Lipinski definition) is 0. The van der Waals surface area contributed by atoms with Crippen molar-refractivity contribution in [2.45, 2.75) is 111 Å². The van der Waals surface area contributed by atoms with Crippen LogP contribution in [0.1, 0.15) is 92.4 Å². The molecule has 3 atom stereocenters. The van der Waals surface area contributed by atoms with Gasteiger partial charge in [0.2, 0.25) is 0 Å². The summed E-state index contributed by atoms with van der Waals surface area (Å²) < 4.78 is 6.56. The molecule has 2 nitrogen and oxygen atoms in total. The van der Waals surface area contributed by atoms with Gasteiger partial charge in [-0.25, -0.2) is 0 Å². The highest BCUT2D eigenvalue weighted by molar-refractivity contribution is 6.48. The van der Waals surface area contributed by atoms with E-state index in [1.54, 1.807) is 0 Å². The Bertz CT molecular complexity index is 495. The van der Waals surface area contributed by atoms with Crippen LogP contribution in [0.4, 0.5) is 0 Å². The Labute approximate surface area is 164 Å². The summed E-state index contributed by atoms with van der Waals surface area (Å²) >= 11 is 0. The Balaban J connectivity index is 3.10. The van der Waals surface area contributed by atoms with Gasteiger partial charge in [0.05, 0.1) is 0 Å². The molecule has 1 saturated carbocycles. The van der Waals surface area contributed by atoms with Crippen molar-refractivity contribution >= 4 is 14.8 Å². The van der Waals surface area contributed by atoms with E-state index in [0.717, 1.165) is 19.3 Å². The number of unbranched alkanes of at least 4 members (excludes halogenated alkanes) is 4. The van der Waals surface area contributed by atoms with Crippen LogP contribution in [0.5, 0.6) is 0 Å². The minimum absolute atomic E-state index is 0.131. The van der Waals surface area contributed by atoms with Crippen molar-refractivity contribution in [3.63, 3.8) is 0 Å². The van der Waals surface area contributed by atoms with E-state index >= 15 is 0 Å². The summed E-state index contributed by atoms with van der Waals surface area (Å²) in [7, 11) is -1.34. The van der Waals surface area contributed by atoms with Crippen LogP contribution in [0.25, 0.3) is 0 Å². The minimum Gasteiger partial charge on any atom is -0.407 e. The predicted octanol–water partition coefficient (Wildman–Crippen LogP) is 6.14. The lowest BCUT2D eigenvalue weighted by molar-refractivity contribution is -0.133. The minimum atomic E-state index is -1.34. The van der Waals surface area contributed by atoms with Crippen molar-refractivity contribution in [2.24, 2.45) is 17.3 Å². The van der Waals surface area contributed by atoms with Gasteiger partial charge < -0.3 is 4.43 Å². The zero-order valence-corrected chi connectivity index (χ0v) is 19.6. The van der Waals surface area contributed by atoms with Gasteiger partial charge in [0.25, 0.3) is 0 Å². The van der Waals surface area contributed by atoms with Crippen molar-refractivity contribution in [3.05, 3.63) is 0 Å². The fourth-order valence-corrected chi connectivity index (χ4v) is 5.64. The summed E-state index contributed by atoms with van der Waals surface area (Å²) in [5.41, 5.74) is -0.502. The van der Waals surface area contributed by atoms with Gasteiger partial charge in [0, 0.05) is 19.3 Å². The molecule has 0 aromatic rings. The van der Waals surface area contributed by atoms with E-state index in [0.29, 0.717) is 30.5 Å². The van der Waals surface area contributed by atoms with Crippen LogP contribution in [0, 0.1) is 29.1 Å². The summed E-state index contributed by atoms with van der Waals surface area (Å²) in [6.45, 7) is 15.7. The molecule has 0 unspecified atom stereocenters. The summed E-state index contributed by atoms with van der Waals surface area (Å²) in [4.78, 5) is 13.3. The average molecular weight is 379 g/mol. The Hall–Kier alpha value is -0.593. The van der Waals surface area contributed by atoms with Crippen molar-refractivity contribution in [3.8, 4) is 11.8 Å². The molecule has 26 heavy (non-hydrogen) atoms. The van der Waals surface area contributed by atoms with Crippen LogP contribution in [-0.4, -0.2) is 20.4 Å². The largest absolute Gasteiger partial charge is 0.407 e. The number of Topliss-reactive ketones (excluding diaryl/α,β-unsaturated/α-hetero) is 1. The molecule has 0 aromatic carbocycles. The fraction of sp³-hybridized carbons (Fsp3) is 0.870. The fourth-order valence-electron chi connectivity index (χ4n) is 4.41. The van der Waals surface area contributed by atoms with E-state index in [1.807, 2.05) is 0 Å². The number of rotatable bonds is 9. The van der Waals surface area contributed by atoms with Crippen LogP contribution < -0.4 is 0 Å². The smallest absolute Gasteiger partial charge is 0.172 e. The molecule has 1 rings (SSSR count). The van der Waals surface area contributed by atoms with Gasteiger partial charge in [-0.15, -0.1) is 5.92 Å². The second-order valence-electron chi connectivity index (χ2n) is 9.39. The first-order chi connectivity index (χ1) is 12.2. The number of ketones is 1. The molecule has 1 fully saturated rings. The molecular formula is C23H42O2Si. The first kappa shape index (κ1) is 23.4. The predicted molar refractivity (Wildman–Crippen MR) is 115 cm³/mol.